The number of aliphatic hydroxyl groups excluding tert-OH is 1. The minimum Gasteiger partial charge on any atom is -0.396 e. The predicted octanol–water partition coefficient (Wildman–Crippen LogP) is 0.903. The van der Waals surface area contributed by atoms with Gasteiger partial charge in [-0.25, -0.2) is 0 Å². The number of amides is 1. The lowest BCUT2D eigenvalue weighted by atomic mass is 9.83. The van der Waals surface area contributed by atoms with Gasteiger partial charge in [-0.15, -0.1) is 0 Å². The summed E-state index contributed by atoms with van der Waals surface area (Å²) in [5, 5.41) is 12.2. The highest BCUT2D eigenvalue weighted by molar-refractivity contribution is 5.93. The molecule has 0 aliphatic rings. The fourth-order valence-corrected chi connectivity index (χ4v) is 1.74. The number of H-pyrrole nitrogens is 1. The summed E-state index contributed by atoms with van der Waals surface area (Å²) in [7, 11) is 0. The van der Waals surface area contributed by atoms with Crippen LogP contribution in [0.25, 0.3) is 0 Å². The maximum absolute atomic E-state index is 11.8. The fourth-order valence-electron chi connectivity index (χ4n) is 1.74. The van der Waals surface area contributed by atoms with E-state index in [-0.39, 0.29) is 23.5 Å². The average Bonchev–Trinajstić information content (AvgIpc) is 2.40. The first-order valence-electron chi connectivity index (χ1n) is 6.14. The quantitative estimate of drug-likeness (QED) is 0.703. The number of carbonyl (C=O) groups is 1. The van der Waals surface area contributed by atoms with Crippen LogP contribution in [0.4, 0.5) is 0 Å². The second kappa shape index (κ2) is 6.35. The molecular formula is C13H20N2O3. The Morgan fingerprint density at radius 2 is 2.11 bits per heavy atom. The summed E-state index contributed by atoms with van der Waals surface area (Å²) >= 11 is 0. The molecule has 1 aromatic heterocycles. The normalized spacial score (nSPS) is 11.3. The molecule has 0 aromatic carbocycles. The molecule has 18 heavy (non-hydrogen) atoms. The molecule has 0 aliphatic heterocycles. The van der Waals surface area contributed by atoms with Gasteiger partial charge in [0.05, 0.1) is 6.61 Å². The van der Waals surface area contributed by atoms with E-state index in [1.807, 2.05) is 13.8 Å². The van der Waals surface area contributed by atoms with Crippen molar-refractivity contribution in [1.82, 2.24) is 10.3 Å². The van der Waals surface area contributed by atoms with Crippen LogP contribution >= 0.6 is 0 Å². The van der Waals surface area contributed by atoms with E-state index < -0.39 is 0 Å². The predicted molar refractivity (Wildman–Crippen MR) is 69.5 cm³/mol. The highest BCUT2D eigenvalue weighted by atomic mass is 16.3. The van der Waals surface area contributed by atoms with Crippen LogP contribution in [0.15, 0.2) is 23.1 Å². The molecule has 0 unspecified atom stereocenters. The zero-order valence-corrected chi connectivity index (χ0v) is 10.8. The number of aliphatic hydroxyl groups is 1. The fraction of sp³-hybridized carbons (Fsp3) is 0.538. The number of pyridine rings is 1. The lowest BCUT2D eigenvalue weighted by Crippen LogP contribution is -2.39. The summed E-state index contributed by atoms with van der Waals surface area (Å²) < 4.78 is 0. The molecule has 5 nitrogen and oxygen atoms in total. The number of aromatic nitrogens is 1. The topological polar surface area (TPSA) is 82.2 Å². The minimum absolute atomic E-state index is 0.0374. The number of aromatic amines is 1. The Morgan fingerprint density at radius 3 is 2.61 bits per heavy atom. The molecule has 0 bridgehead atoms. The third kappa shape index (κ3) is 3.43. The number of carbonyl (C=O) groups excluding carboxylic acids is 1. The van der Waals surface area contributed by atoms with Crippen LogP contribution in [-0.2, 0) is 0 Å². The van der Waals surface area contributed by atoms with E-state index in [9.17, 15) is 14.7 Å². The van der Waals surface area contributed by atoms with E-state index in [2.05, 4.69) is 10.3 Å². The van der Waals surface area contributed by atoms with E-state index in [4.69, 9.17) is 0 Å². The molecule has 0 saturated heterocycles. The molecule has 1 rings (SSSR count). The monoisotopic (exact) mass is 252 g/mol. The largest absolute Gasteiger partial charge is 0.396 e. The van der Waals surface area contributed by atoms with Gasteiger partial charge in [-0.1, -0.05) is 13.8 Å². The van der Waals surface area contributed by atoms with Crippen LogP contribution < -0.4 is 10.9 Å². The van der Waals surface area contributed by atoms with E-state index >= 15 is 0 Å². The second-order valence-corrected chi connectivity index (χ2v) is 4.49. The molecule has 5 heteroatoms. The molecule has 100 valence electrons. The number of hydrogen-bond donors (Lipinski definition) is 3. The number of hydrogen-bond acceptors (Lipinski definition) is 3. The molecule has 0 fully saturated rings. The van der Waals surface area contributed by atoms with Crippen LogP contribution in [-0.4, -0.2) is 29.1 Å². The van der Waals surface area contributed by atoms with E-state index in [0.717, 1.165) is 12.8 Å². The first-order chi connectivity index (χ1) is 8.56. The van der Waals surface area contributed by atoms with Crippen molar-refractivity contribution in [3.05, 3.63) is 34.2 Å². The summed E-state index contributed by atoms with van der Waals surface area (Å²) in [4.78, 5) is 25.4. The van der Waals surface area contributed by atoms with Crippen molar-refractivity contribution in [2.45, 2.75) is 26.7 Å². The van der Waals surface area contributed by atoms with Gasteiger partial charge in [-0.2, -0.15) is 0 Å². The van der Waals surface area contributed by atoms with Crippen molar-refractivity contribution in [2.75, 3.05) is 13.2 Å². The Morgan fingerprint density at radius 1 is 1.44 bits per heavy atom. The number of nitrogens with one attached hydrogen (secondary N) is 2. The Balaban J connectivity index is 2.69. The van der Waals surface area contributed by atoms with Crippen molar-refractivity contribution in [2.24, 2.45) is 5.41 Å². The van der Waals surface area contributed by atoms with Gasteiger partial charge in [0, 0.05) is 29.8 Å². The van der Waals surface area contributed by atoms with Gasteiger partial charge in [0.25, 0.3) is 5.91 Å². The van der Waals surface area contributed by atoms with Crippen LogP contribution in [0, 0.1) is 5.41 Å². The Bertz CT molecular complexity index is 441. The molecule has 1 heterocycles. The zero-order chi connectivity index (χ0) is 13.6. The first-order valence-corrected chi connectivity index (χ1v) is 6.14. The van der Waals surface area contributed by atoms with Crippen LogP contribution in [0.3, 0.4) is 0 Å². The Labute approximate surface area is 106 Å². The number of rotatable bonds is 6. The van der Waals surface area contributed by atoms with Crippen molar-refractivity contribution in [3.63, 3.8) is 0 Å². The van der Waals surface area contributed by atoms with E-state index in [0.29, 0.717) is 12.1 Å². The van der Waals surface area contributed by atoms with Gasteiger partial charge in [-0.3, -0.25) is 9.59 Å². The SMILES string of the molecule is CCC(CC)(CO)CNC(=O)c1cc[nH]c(=O)c1. The highest BCUT2D eigenvalue weighted by Gasteiger charge is 2.25. The maximum Gasteiger partial charge on any atom is 0.251 e. The molecule has 0 saturated carbocycles. The van der Waals surface area contributed by atoms with Crippen molar-refractivity contribution < 1.29 is 9.90 Å². The summed E-state index contributed by atoms with van der Waals surface area (Å²) in [6.07, 6.45) is 3.02. The minimum atomic E-state index is -0.304. The van der Waals surface area contributed by atoms with Gasteiger partial charge < -0.3 is 15.4 Å². The van der Waals surface area contributed by atoms with Crippen molar-refractivity contribution in [1.29, 1.82) is 0 Å². The third-order valence-electron chi connectivity index (χ3n) is 3.50. The maximum atomic E-state index is 11.8. The van der Waals surface area contributed by atoms with Gasteiger partial charge in [0.15, 0.2) is 0 Å². The Hall–Kier alpha value is -1.62. The highest BCUT2D eigenvalue weighted by Crippen LogP contribution is 2.24. The van der Waals surface area contributed by atoms with Crippen LogP contribution in [0.5, 0.6) is 0 Å². The first kappa shape index (κ1) is 14.4. The van der Waals surface area contributed by atoms with E-state index in [1.54, 1.807) is 6.07 Å². The zero-order valence-electron chi connectivity index (χ0n) is 10.8. The lowest BCUT2D eigenvalue weighted by molar-refractivity contribution is 0.0851. The van der Waals surface area contributed by atoms with Crippen molar-refractivity contribution in [3.8, 4) is 0 Å². The molecule has 3 N–H and O–H groups in total. The Kier molecular flexibility index (Phi) is 5.09. The van der Waals surface area contributed by atoms with Crippen LogP contribution in [0.2, 0.25) is 0 Å². The average molecular weight is 252 g/mol. The molecule has 1 aromatic rings. The van der Waals surface area contributed by atoms with Gasteiger partial charge >= 0.3 is 0 Å². The van der Waals surface area contributed by atoms with E-state index in [1.165, 1.54) is 12.3 Å². The lowest BCUT2D eigenvalue weighted by Gasteiger charge is -2.29. The summed E-state index contributed by atoms with van der Waals surface area (Å²) in [6, 6.07) is 2.81. The van der Waals surface area contributed by atoms with Gasteiger partial charge in [-0.05, 0) is 18.9 Å². The standard InChI is InChI=1S/C13H20N2O3/c1-3-13(4-2,9-16)8-15-12(18)10-5-6-14-11(17)7-10/h5-7,16H,3-4,8-9H2,1-2H3,(H,14,17)(H,15,18). The second-order valence-electron chi connectivity index (χ2n) is 4.49. The van der Waals surface area contributed by atoms with Gasteiger partial charge in [0.2, 0.25) is 5.56 Å². The smallest absolute Gasteiger partial charge is 0.251 e. The summed E-state index contributed by atoms with van der Waals surface area (Å²) in [6.45, 7) is 4.41. The molecule has 0 atom stereocenters. The third-order valence-corrected chi connectivity index (χ3v) is 3.50. The van der Waals surface area contributed by atoms with Crippen LogP contribution in [0.1, 0.15) is 37.0 Å². The molecular weight excluding hydrogens is 232 g/mol. The molecule has 0 aliphatic carbocycles. The summed E-state index contributed by atoms with van der Waals surface area (Å²) in [5.41, 5.74) is -0.253. The van der Waals surface area contributed by atoms with Crippen molar-refractivity contribution >= 4 is 5.91 Å². The summed E-state index contributed by atoms with van der Waals surface area (Å²) in [5.74, 6) is -0.291. The van der Waals surface area contributed by atoms with Gasteiger partial charge in [0.1, 0.15) is 0 Å². The molecule has 0 radical (unpaired) electrons. The molecule has 1 amide bonds. The molecule has 0 spiro atoms.